The normalized spacial score (nSPS) is 15.1. The van der Waals surface area contributed by atoms with E-state index >= 15 is 0 Å². The fourth-order valence-electron chi connectivity index (χ4n) is 3.00. The topological polar surface area (TPSA) is 73.5 Å². The lowest BCUT2D eigenvalue weighted by atomic mass is 9.93. The first kappa shape index (κ1) is 23.3. The van der Waals surface area contributed by atoms with Crippen LogP contribution in [-0.2, 0) is 9.59 Å². The van der Waals surface area contributed by atoms with E-state index in [1.54, 1.807) is 0 Å². The molecular weight excluding hydrogens is 378 g/mol. The molecule has 2 rings (SSSR count). The molecule has 1 aliphatic rings. The Morgan fingerprint density at radius 2 is 1.85 bits per heavy atom. The Morgan fingerprint density at radius 1 is 1.15 bits per heavy atom. The van der Waals surface area contributed by atoms with Gasteiger partial charge in [-0.25, -0.2) is 8.78 Å². The van der Waals surface area contributed by atoms with E-state index in [9.17, 15) is 18.4 Å². The maximum absolute atomic E-state index is 13.1. The Labute approximate surface area is 164 Å². The van der Waals surface area contributed by atoms with Gasteiger partial charge in [-0.05, 0) is 64.0 Å². The molecule has 27 heavy (non-hydrogen) atoms. The molecule has 152 valence electrons. The third-order valence-electron chi connectivity index (χ3n) is 4.53. The number of anilines is 1. The standard InChI is InChI=1S/C18H26F2N4O2.ClH/c1-21-7-4-13-5-8-24(9-6-13)12-18(26)22-11-17(25)23-14-2-3-15(19)16(20)10-14;/h2-3,10,13,21H,4-9,11-12H2,1H3,(H,22,26)(H,23,25);1H. The van der Waals surface area contributed by atoms with Gasteiger partial charge in [-0.1, -0.05) is 0 Å². The van der Waals surface area contributed by atoms with Crippen molar-refractivity contribution in [2.24, 2.45) is 5.92 Å². The van der Waals surface area contributed by atoms with Gasteiger partial charge in [-0.3, -0.25) is 14.5 Å². The molecular formula is C18H27ClF2N4O2. The van der Waals surface area contributed by atoms with E-state index in [-0.39, 0.29) is 37.1 Å². The van der Waals surface area contributed by atoms with Crippen LogP contribution in [0, 0.1) is 17.6 Å². The van der Waals surface area contributed by atoms with Crippen molar-refractivity contribution in [2.45, 2.75) is 19.3 Å². The van der Waals surface area contributed by atoms with E-state index < -0.39 is 17.5 Å². The largest absolute Gasteiger partial charge is 0.346 e. The summed E-state index contributed by atoms with van der Waals surface area (Å²) in [6.45, 7) is 2.82. The van der Waals surface area contributed by atoms with Gasteiger partial charge in [0.05, 0.1) is 13.1 Å². The maximum atomic E-state index is 13.1. The van der Waals surface area contributed by atoms with Crippen LogP contribution in [0.4, 0.5) is 14.5 Å². The number of nitrogens with zero attached hydrogens (tertiary/aromatic N) is 1. The van der Waals surface area contributed by atoms with Crippen LogP contribution < -0.4 is 16.0 Å². The summed E-state index contributed by atoms with van der Waals surface area (Å²) in [7, 11) is 1.95. The Morgan fingerprint density at radius 3 is 2.48 bits per heavy atom. The van der Waals surface area contributed by atoms with Gasteiger partial charge < -0.3 is 16.0 Å². The third kappa shape index (κ3) is 8.19. The predicted molar refractivity (Wildman–Crippen MR) is 103 cm³/mol. The summed E-state index contributed by atoms with van der Waals surface area (Å²) in [6.07, 6.45) is 3.30. The summed E-state index contributed by atoms with van der Waals surface area (Å²) >= 11 is 0. The van der Waals surface area contributed by atoms with Crippen LogP contribution in [0.3, 0.4) is 0 Å². The van der Waals surface area contributed by atoms with Crippen molar-refractivity contribution >= 4 is 29.9 Å². The molecule has 1 aromatic rings. The molecule has 3 N–H and O–H groups in total. The summed E-state index contributed by atoms with van der Waals surface area (Å²) in [5, 5.41) is 8.12. The number of piperidine rings is 1. The monoisotopic (exact) mass is 404 g/mol. The van der Waals surface area contributed by atoms with Crippen LogP contribution >= 0.6 is 12.4 Å². The average Bonchev–Trinajstić information content (AvgIpc) is 2.62. The predicted octanol–water partition coefficient (Wildman–Crippen LogP) is 1.76. The van der Waals surface area contributed by atoms with Gasteiger partial charge in [0, 0.05) is 11.8 Å². The summed E-state index contributed by atoms with van der Waals surface area (Å²) < 4.78 is 25.9. The first-order valence-corrected chi connectivity index (χ1v) is 8.86. The van der Waals surface area contributed by atoms with Gasteiger partial charge in [0.1, 0.15) is 0 Å². The van der Waals surface area contributed by atoms with Gasteiger partial charge in [0.15, 0.2) is 11.6 Å². The number of hydrogen-bond acceptors (Lipinski definition) is 4. The lowest BCUT2D eigenvalue weighted by molar-refractivity contribution is -0.125. The molecule has 0 atom stereocenters. The summed E-state index contributed by atoms with van der Waals surface area (Å²) in [6, 6.07) is 3.09. The molecule has 0 radical (unpaired) electrons. The van der Waals surface area contributed by atoms with Crippen LogP contribution in [0.25, 0.3) is 0 Å². The molecule has 2 amide bonds. The number of hydrogen-bond donors (Lipinski definition) is 3. The van der Waals surface area contributed by atoms with Crippen LogP contribution in [0.2, 0.25) is 0 Å². The Hall–Kier alpha value is -1.77. The maximum Gasteiger partial charge on any atom is 0.243 e. The van der Waals surface area contributed by atoms with E-state index in [0.29, 0.717) is 5.92 Å². The number of likely N-dealkylation sites (tertiary alicyclic amines) is 1. The van der Waals surface area contributed by atoms with Gasteiger partial charge in [-0.15, -0.1) is 12.4 Å². The van der Waals surface area contributed by atoms with Crippen molar-refractivity contribution in [1.29, 1.82) is 0 Å². The molecule has 0 unspecified atom stereocenters. The Balaban J connectivity index is 0.00000364. The molecule has 1 heterocycles. The van der Waals surface area contributed by atoms with Crippen molar-refractivity contribution in [3.05, 3.63) is 29.8 Å². The molecule has 0 spiro atoms. The van der Waals surface area contributed by atoms with Gasteiger partial charge in [0.2, 0.25) is 11.8 Å². The Kier molecular flexibility index (Phi) is 10.2. The molecule has 1 fully saturated rings. The summed E-state index contributed by atoms with van der Waals surface area (Å²) in [5.74, 6) is -2.03. The molecule has 1 saturated heterocycles. The fourth-order valence-corrected chi connectivity index (χ4v) is 3.00. The minimum Gasteiger partial charge on any atom is -0.346 e. The quantitative estimate of drug-likeness (QED) is 0.617. The SMILES string of the molecule is CNCCC1CCN(CC(=O)NCC(=O)Nc2ccc(F)c(F)c2)CC1.Cl. The molecule has 0 saturated carbocycles. The minimum atomic E-state index is -1.04. The zero-order valence-electron chi connectivity index (χ0n) is 15.4. The second-order valence-electron chi connectivity index (χ2n) is 6.57. The lowest BCUT2D eigenvalue weighted by Gasteiger charge is -2.31. The van der Waals surface area contributed by atoms with Crippen molar-refractivity contribution < 1.29 is 18.4 Å². The molecule has 0 aliphatic carbocycles. The van der Waals surface area contributed by atoms with Crippen LogP contribution in [0.15, 0.2) is 18.2 Å². The fraction of sp³-hybridized carbons (Fsp3) is 0.556. The molecule has 0 bridgehead atoms. The number of halogens is 3. The lowest BCUT2D eigenvalue weighted by Crippen LogP contribution is -2.43. The van der Waals surface area contributed by atoms with E-state index in [0.717, 1.165) is 51.0 Å². The number of amides is 2. The second-order valence-corrected chi connectivity index (χ2v) is 6.57. The smallest absolute Gasteiger partial charge is 0.243 e. The minimum absolute atomic E-state index is 0. The third-order valence-corrected chi connectivity index (χ3v) is 4.53. The van der Waals surface area contributed by atoms with E-state index in [1.807, 2.05) is 7.05 Å². The molecule has 6 nitrogen and oxygen atoms in total. The van der Waals surface area contributed by atoms with Gasteiger partial charge in [0.25, 0.3) is 0 Å². The zero-order valence-corrected chi connectivity index (χ0v) is 16.2. The summed E-state index contributed by atoms with van der Waals surface area (Å²) in [5.41, 5.74) is 0.145. The molecule has 1 aliphatic heterocycles. The molecule has 0 aromatic heterocycles. The molecule has 9 heteroatoms. The second kappa shape index (κ2) is 11.8. The van der Waals surface area contributed by atoms with Crippen molar-refractivity contribution in [3.63, 3.8) is 0 Å². The first-order chi connectivity index (χ1) is 12.5. The van der Waals surface area contributed by atoms with E-state index in [4.69, 9.17) is 0 Å². The van der Waals surface area contributed by atoms with Crippen LogP contribution in [0.1, 0.15) is 19.3 Å². The van der Waals surface area contributed by atoms with Crippen LogP contribution in [0.5, 0.6) is 0 Å². The zero-order chi connectivity index (χ0) is 18.9. The van der Waals surface area contributed by atoms with Gasteiger partial charge >= 0.3 is 0 Å². The average molecular weight is 405 g/mol. The highest BCUT2D eigenvalue weighted by Crippen LogP contribution is 2.19. The first-order valence-electron chi connectivity index (χ1n) is 8.86. The number of nitrogens with one attached hydrogen (secondary N) is 3. The van der Waals surface area contributed by atoms with Crippen LogP contribution in [-0.4, -0.2) is 56.5 Å². The number of benzene rings is 1. The highest BCUT2D eigenvalue weighted by Gasteiger charge is 2.20. The Bertz CT molecular complexity index is 625. The van der Waals surface area contributed by atoms with Crippen molar-refractivity contribution in [3.8, 4) is 0 Å². The highest BCUT2D eigenvalue weighted by molar-refractivity contribution is 5.94. The number of carbonyl (C=O) groups is 2. The number of rotatable bonds is 8. The van der Waals surface area contributed by atoms with E-state index in [1.165, 1.54) is 6.07 Å². The highest BCUT2D eigenvalue weighted by atomic mass is 35.5. The van der Waals surface area contributed by atoms with Crippen molar-refractivity contribution in [1.82, 2.24) is 15.5 Å². The van der Waals surface area contributed by atoms with E-state index in [2.05, 4.69) is 20.9 Å². The van der Waals surface area contributed by atoms with Gasteiger partial charge in [-0.2, -0.15) is 0 Å². The summed E-state index contributed by atoms with van der Waals surface area (Å²) in [4.78, 5) is 25.8. The van der Waals surface area contributed by atoms with Crippen molar-refractivity contribution in [2.75, 3.05) is 45.1 Å². The molecule has 1 aromatic carbocycles. The number of carbonyl (C=O) groups excluding carboxylic acids is 2.